The van der Waals surface area contributed by atoms with Crippen molar-refractivity contribution in [3.8, 4) is 0 Å². The van der Waals surface area contributed by atoms with Crippen LogP contribution in [0.3, 0.4) is 0 Å². The molecule has 0 spiro atoms. The lowest BCUT2D eigenvalue weighted by Gasteiger charge is -2.37. The number of nitrogens with zero attached hydrogens (tertiary/aromatic N) is 4. The first-order valence-electron chi connectivity index (χ1n) is 8.21. The Morgan fingerprint density at radius 2 is 2.12 bits per heavy atom. The van der Waals surface area contributed by atoms with Crippen LogP contribution in [0.25, 0.3) is 0 Å². The Balaban J connectivity index is 1.46. The van der Waals surface area contributed by atoms with Crippen molar-refractivity contribution in [2.75, 3.05) is 26.2 Å². The van der Waals surface area contributed by atoms with Gasteiger partial charge in [0.1, 0.15) is 5.82 Å². The molecule has 2 amide bonds. The number of piperazine rings is 1. The van der Waals surface area contributed by atoms with Crippen LogP contribution < -0.4 is 5.32 Å². The largest absolute Gasteiger partial charge is 0.332 e. The summed E-state index contributed by atoms with van der Waals surface area (Å²) in [5, 5.41) is 7.26. The Morgan fingerprint density at radius 3 is 2.79 bits per heavy atom. The van der Waals surface area contributed by atoms with Crippen molar-refractivity contribution in [3.63, 3.8) is 0 Å². The first kappa shape index (κ1) is 16.9. The molecule has 1 atom stereocenters. The van der Waals surface area contributed by atoms with E-state index in [2.05, 4.69) is 43.9 Å². The molecule has 0 aliphatic carbocycles. The van der Waals surface area contributed by atoms with Crippen molar-refractivity contribution in [3.05, 3.63) is 46.2 Å². The molecule has 1 saturated heterocycles. The third-order valence-electron chi connectivity index (χ3n) is 4.43. The normalized spacial score (nSPS) is 16.8. The number of carbonyl (C=O) groups is 1. The summed E-state index contributed by atoms with van der Waals surface area (Å²) in [4.78, 5) is 25.0. The van der Waals surface area contributed by atoms with E-state index in [-0.39, 0.29) is 6.03 Å². The summed E-state index contributed by atoms with van der Waals surface area (Å²) in [5.41, 5.74) is 2.19. The van der Waals surface area contributed by atoms with Gasteiger partial charge in [-0.15, -0.1) is 0 Å². The summed E-state index contributed by atoms with van der Waals surface area (Å²) < 4.78 is 0. The smallest absolute Gasteiger partial charge is 0.317 e. The minimum Gasteiger partial charge on any atom is -0.332 e. The van der Waals surface area contributed by atoms with Crippen molar-refractivity contribution >= 4 is 17.4 Å². The molecule has 0 saturated carbocycles. The monoisotopic (exact) mass is 345 g/mol. The van der Waals surface area contributed by atoms with Crippen molar-refractivity contribution in [1.29, 1.82) is 0 Å². The lowest BCUT2D eigenvalue weighted by atomic mass is 10.1. The number of thiophene rings is 1. The van der Waals surface area contributed by atoms with E-state index in [1.54, 1.807) is 17.5 Å². The van der Waals surface area contributed by atoms with Gasteiger partial charge in [-0.05, 0) is 42.3 Å². The van der Waals surface area contributed by atoms with E-state index in [0.29, 0.717) is 12.6 Å². The van der Waals surface area contributed by atoms with Crippen LogP contribution >= 0.6 is 11.3 Å². The highest BCUT2D eigenvalue weighted by atomic mass is 32.1. The fraction of sp³-hybridized carbons (Fsp3) is 0.471. The molecule has 1 aliphatic heterocycles. The predicted molar refractivity (Wildman–Crippen MR) is 94.9 cm³/mol. The van der Waals surface area contributed by atoms with E-state index in [1.807, 2.05) is 17.9 Å². The van der Waals surface area contributed by atoms with Crippen molar-refractivity contribution < 1.29 is 4.79 Å². The van der Waals surface area contributed by atoms with Crippen LogP contribution in [-0.2, 0) is 6.54 Å². The third kappa shape index (κ3) is 4.10. The molecule has 3 rings (SSSR count). The summed E-state index contributed by atoms with van der Waals surface area (Å²) in [6, 6.07) is 4.39. The van der Waals surface area contributed by atoms with Crippen LogP contribution in [0.4, 0.5) is 4.79 Å². The Morgan fingerprint density at radius 1 is 1.33 bits per heavy atom. The summed E-state index contributed by atoms with van der Waals surface area (Å²) in [6.45, 7) is 7.82. The molecule has 0 bridgehead atoms. The van der Waals surface area contributed by atoms with Gasteiger partial charge >= 0.3 is 6.03 Å². The second-order valence-electron chi connectivity index (χ2n) is 6.01. The fourth-order valence-electron chi connectivity index (χ4n) is 2.92. The van der Waals surface area contributed by atoms with Gasteiger partial charge in [-0.2, -0.15) is 11.3 Å². The quantitative estimate of drug-likeness (QED) is 0.924. The van der Waals surface area contributed by atoms with Gasteiger partial charge < -0.3 is 10.2 Å². The minimum atomic E-state index is -0.0194. The maximum Gasteiger partial charge on any atom is 0.317 e. The average molecular weight is 345 g/mol. The summed E-state index contributed by atoms with van der Waals surface area (Å²) in [6.07, 6.45) is 1.72. The maximum atomic E-state index is 12.3. The summed E-state index contributed by atoms with van der Waals surface area (Å²) >= 11 is 1.73. The number of urea groups is 1. The number of amides is 2. The van der Waals surface area contributed by atoms with Gasteiger partial charge in [0.15, 0.2) is 0 Å². The first-order valence-corrected chi connectivity index (χ1v) is 9.15. The molecule has 0 aromatic carbocycles. The molecule has 0 radical (unpaired) electrons. The summed E-state index contributed by atoms with van der Waals surface area (Å²) in [5.74, 6) is 0.720. The zero-order valence-corrected chi connectivity index (χ0v) is 14.9. The standard InChI is InChI=1S/C17H23N5OS/c1-13(15-4-10-24-12-15)21-6-8-22(9-7-21)17(23)19-11-16-3-5-18-14(2)20-16/h3-5,10,12-13H,6-9,11H2,1-2H3,(H,19,23). The van der Waals surface area contributed by atoms with E-state index < -0.39 is 0 Å². The molecule has 1 N–H and O–H groups in total. The van der Waals surface area contributed by atoms with E-state index in [1.165, 1.54) is 5.56 Å². The van der Waals surface area contributed by atoms with Gasteiger partial charge in [0.05, 0.1) is 12.2 Å². The highest BCUT2D eigenvalue weighted by molar-refractivity contribution is 7.07. The Labute approximate surface area is 146 Å². The molecular weight excluding hydrogens is 322 g/mol. The van der Waals surface area contributed by atoms with Crippen LogP contribution in [0.5, 0.6) is 0 Å². The van der Waals surface area contributed by atoms with Gasteiger partial charge in [-0.3, -0.25) is 4.90 Å². The average Bonchev–Trinajstić information content (AvgIpc) is 3.14. The fourth-order valence-corrected chi connectivity index (χ4v) is 3.66. The zero-order valence-electron chi connectivity index (χ0n) is 14.1. The topological polar surface area (TPSA) is 61.4 Å². The second-order valence-corrected chi connectivity index (χ2v) is 6.79. The number of hydrogen-bond donors (Lipinski definition) is 1. The Bertz CT molecular complexity index is 667. The van der Waals surface area contributed by atoms with Crippen LogP contribution in [-0.4, -0.2) is 52.0 Å². The van der Waals surface area contributed by atoms with Crippen molar-refractivity contribution in [2.45, 2.75) is 26.4 Å². The lowest BCUT2D eigenvalue weighted by molar-refractivity contribution is 0.114. The highest BCUT2D eigenvalue weighted by Gasteiger charge is 2.24. The number of nitrogens with one attached hydrogen (secondary N) is 1. The zero-order chi connectivity index (χ0) is 16.9. The summed E-state index contributed by atoms with van der Waals surface area (Å²) in [7, 11) is 0. The Hall–Kier alpha value is -1.99. The number of hydrogen-bond acceptors (Lipinski definition) is 5. The number of carbonyl (C=O) groups excluding carboxylic acids is 1. The lowest BCUT2D eigenvalue weighted by Crippen LogP contribution is -2.52. The molecule has 1 unspecified atom stereocenters. The van der Waals surface area contributed by atoms with E-state index in [4.69, 9.17) is 0 Å². The van der Waals surface area contributed by atoms with Crippen LogP contribution in [0, 0.1) is 6.92 Å². The number of aryl methyl sites for hydroxylation is 1. The van der Waals surface area contributed by atoms with Crippen LogP contribution in [0.2, 0.25) is 0 Å². The van der Waals surface area contributed by atoms with Gasteiger partial charge in [-0.1, -0.05) is 0 Å². The highest BCUT2D eigenvalue weighted by Crippen LogP contribution is 2.23. The molecule has 2 aromatic rings. The Kier molecular flexibility index (Phi) is 5.42. The maximum absolute atomic E-state index is 12.3. The van der Waals surface area contributed by atoms with Crippen molar-refractivity contribution in [1.82, 2.24) is 25.1 Å². The molecule has 128 valence electrons. The molecule has 1 aliphatic rings. The van der Waals surface area contributed by atoms with E-state index in [0.717, 1.165) is 37.7 Å². The molecule has 7 heteroatoms. The van der Waals surface area contributed by atoms with E-state index in [9.17, 15) is 4.79 Å². The van der Waals surface area contributed by atoms with Gasteiger partial charge in [-0.25, -0.2) is 14.8 Å². The molecule has 2 aromatic heterocycles. The van der Waals surface area contributed by atoms with Gasteiger partial charge in [0.25, 0.3) is 0 Å². The molecule has 6 nitrogen and oxygen atoms in total. The van der Waals surface area contributed by atoms with E-state index >= 15 is 0 Å². The molecule has 3 heterocycles. The van der Waals surface area contributed by atoms with Crippen LogP contribution in [0.15, 0.2) is 29.1 Å². The SMILES string of the molecule is Cc1nccc(CNC(=O)N2CCN(C(C)c3ccsc3)CC2)n1. The van der Waals surface area contributed by atoms with Crippen molar-refractivity contribution in [2.24, 2.45) is 0 Å². The predicted octanol–water partition coefficient (Wildman–Crippen LogP) is 2.43. The van der Waals surface area contributed by atoms with Gasteiger partial charge in [0.2, 0.25) is 0 Å². The van der Waals surface area contributed by atoms with Crippen LogP contribution in [0.1, 0.15) is 30.0 Å². The molecular formula is C17H23N5OS. The first-order chi connectivity index (χ1) is 11.6. The second kappa shape index (κ2) is 7.72. The molecule has 1 fully saturated rings. The van der Waals surface area contributed by atoms with Gasteiger partial charge in [0, 0.05) is 38.4 Å². The number of aromatic nitrogens is 2. The number of rotatable bonds is 4. The minimum absolute atomic E-state index is 0.0194. The molecule has 24 heavy (non-hydrogen) atoms. The third-order valence-corrected chi connectivity index (χ3v) is 5.13.